The van der Waals surface area contributed by atoms with E-state index >= 15 is 0 Å². The van der Waals surface area contributed by atoms with Gasteiger partial charge >= 0.3 is 5.97 Å². The normalized spacial score (nSPS) is 19.0. The Bertz CT molecular complexity index is 1030. The lowest BCUT2D eigenvalue weighted by molar-refractivity contribution is -0.132. The third-order valence-electron chi connectivity index (χ3n) is 5.44. The number of fused-ring (bicyclic) bond motifs is 1. The zero-order chi connectivity index (χ0) is 21.8. The van der Waals surface area contributed by atoms with Gasteiger partial charge in [-0.25, -0.2) is 9.78 Å². The molecule has 0 radical (unpaired) electrons. The van der Waals surface area contributed by atoms with Gasteiger partial charge in [0.1, 0.15) is 0 Å². The number of carbonyl (C=O) groups excluding carboxylic acids is 2. The van der Waals surface area contributed by atoms with E-state index in [1.807, 2.05) is 0 Å². The van der Waals surface area contributed by atoms with Crippen molar-refractivity contribution in [2.45, 2.75) is 30.6 Å². The van der Waals surface area contributed by atoms with Crippen molar-refractivity contribution in [1.29, 1.82) is 0 Å². The van der Waals surface area contributed by atoms with Crippen molar-refractivity contribution in [3.63, 3.8) is 0 Å². The molecule has 2 aliphatic rings. The van der Waals surface area contributed by atoms with Gasteiger partial charge in [-0.2, -0.15) is 0 Å². The van der Waals surface area contributed by atoms with Crippen LogP contribution < -0.4 is 5.56 Å². The summed E-state index contributed by atoms with van der Waals surface area (Å²) in [5.74, 6) is -0.348. The second-order valence-corrected chi connectivity index (χ2v) is 8.39. The molecule has 1 atom stereocenters. The maximum Gasteiger partial charge on any atom is 0.337 e. The molecule has 1 amide bonds. The fraction of sp³-hybridized carbons (Fsp3) is 0.524. The molecular weight excluding hydrogens is 422 g/mol. The third kappa shape index (κ3) is 4.91. The summed E-state index contributed by atoms with van der Waals surface area (Å²) in [7, 11) is 1.30. The van der Waals surface area contributed by atoms with Crippen molar-refractivity contribution < 1.29 is 23.8 Å². The number of benzene rings is 1. The molecule has 0 unspecified atom stereocenters. The monoisotopic (exact) mass is 447 g/mol. The Morgan fingerprint density at radius 1 is 1.26 bits per heavy atom. The number of esters is 1. The van der Waals surface area contributed by atoms with Crippen LogP contribution in [0.4, 0.5) is 0 Å². The van der Waals surface area contributed by atoms with Crippen LogP contribution in [0.1, 0.15) is 23.2 Å². The maximum absolute atomic E-state index is 13.3. The molecule has 0 spiro atoms. The number of nitrogens with zero attached hydrogens (tertiary/aromatic N) is 3. The highest BCUT2D eigenvalue weighted by atomic mass is 32.2. The average molecular weight is 448 g/mol. The van der Waals surface area contributed by atoms with E-state index < -0.39 is 5.97 Å². The first kappa shape index (κ1) is 21.8. The van der Waals surface area contributed by atoms with Crippen LogP contribution in [-0.2, 0) is 25.5 Å². The summed E-state index contributed by atoms with van der Waals surface area (Å²) in [6.07, 6.45) is 1.78. The molecule has 2 aliphatic heterocycles. The number of carbonyl (C=O) groups is 2. The summed E-state index contributed by atoms with van der Waals surface area (Å²) in [4.78, 5) is 44.2. The van der Waals surface area contributed by atoms with E-state index in [1.54, 1.807) is 27.7 Å². The molecule has 3 heterocycles. The topological polar surface area (TPSA) is 100.0 Å². The zero-order valence-electron chi connectivity index (χ0n) is 17.4. The SMILES string of the molecule is COC(=O)c1ccc2c(=O)n(C[C@@H]3CCCO3)c(SCC(=O)N3CCOCC3)nc2c1. The number of aromatic nitrogens is 2. The van der Waals surface area contributed by atoms with Gasteiger partial charge in [-0.3, -0.25) is 14.2 Å². The summed E-state index contributed by atoms with van der Waals surface area (Å²) in [6.45, 7) is 3.26. The molecule has 0 N–H and O–H groups in total. The Morgan fingerprint density at radius 3 is 2.77 bits per heavy atom. The number of ether oxygens (including phenoxy) is 3. The smallest absolute Gasteiger partial charge is 0.337 e. The van der Waals surface area contributed by atoms with Crippen LogP contribution in [0.15, 0.2) is 28.2 Å². The van der Waals surface area contributed by atoms with Gasteiger partial charge in [0, 0.05) is 19.7 Å². The van der Waals surface area contributed by atoms with Crippen molar-refractivity contribution in [2.24, 2.45) is 0 Å². The first-order valence-corrected chi connectivity index (χ1v) is 11.3. The molecule has 4 rings (SSSR count). The fourth-order valence-electron chi connectivity index (χ4n) is 3.74. The number of thioether (sulfide) groups is 1. The highest BCUT2D eigenvalue weighted by Gasteiger charge is 2.23. The van der Waals surface area contributed by atoms with E-state index in [2.05, 4.69) is 4.98 Å². The number of morpholine rings is 1. The van der Waals surface area contributed by atoms with Crippen LogP contribution in [0.3, 0.4) is 0 Å². The van der Waals surface area contributed by atoms with Gasteiger partial charge in [0.25, 0.3) is 5.56 Å². The highest BCUT2D eigenvalue weighted by Crippen LogP contribution is 2.22. The second-order valence-electron chi connectivity index (χ2n) is 7.45. The number of rotatable bonds is 6. The standard InChI is InChI=1S/C21H25N3O6S/c1-28-20(27)14-4-5-16-17(11-14)22-21(24(19(16)26)12-15-3-2-8-30-15)31-13-18(25)23-6-9-29-10-7-23/h4-5,11,15H,2-3,6-10,12-13H2,1H3/t15-/m0/s1. The van der Waals surface area contributed by atoms with E-state index in [9.17, 15) is 14.4 Å². The van der Waals surface area contributed by atoms with E-state index in [0.29, 0.717) is 61.1 Å². The van der Waals surface area contributed by atoms with Crippen molar-refractivity contribution in [3.8, 4) is 0 Å². The molecule has 1 aromatic heterocycles. The molecule has 1 aromatic carbocycles. The van der Waals surface area contributed by atoms with Crippen LogP contribution in [-0.4, -0.2) is 78.2 Å². The number of amides is 1. The Labute approximate surface area is 183 Å². The predicted octanol–water partition coefficient (Wildman–Crippen LogP) is 1.31. The van der Waals surface area contributed by atoms with Crippen molar-refractivity contribution in [1.82, 2.24) is 14.5 Å². The number of hydrogen-bond donors (Lipinski definition) is 0. The number of hydrogen-bond acceptors (Lipinski definition) is 8. The molecule has 9 nitrogen and oxygen atoms in total. The maximum atomic E-state index is 13.3. The summed E-state index contributed by atoms with van der Waals surface area (Å²) in [6, 6.07) is 4.70. The first-order valence-electron chi connectivity index (χ1n) is 10.3. The molecular formula is C21H25N3O6S. The van der Waals surface area contributed by atoms with E-state index in [-0.39, 0.29) is 23.3 Å². The molecule has 10 heteroatoms. The summed E-state index contributed by atoms with van der Waals surface area (Å²) >= 11 is 1.23. The minimum Gasteiger partial charge on any atom is -0.465 e. The lowest BCUT2D eigenvalue weighted by atomic mass is 10.1. The predicted molar refractivity (Wildman–Crippen MR) is 114 cm³/mol. The highest BCUT2D eigenvalue weighted by molar-refractivity contribution is 7.99. The second kappa shape index (κ2) is 9.80. The van der Waals surface area contributed by atoms with Crippen LogP contribution in [0.2, 0.25) is 0 Å². The average Bonchev–Trinajstić information content (AvgIpc) is 3.32. The molecule has 2 aromatic rings. The van der Waals surface area contributed by atoms with Gasteiger partial charge in [-0.1, -0.05) is 11.8 Å². The lowest BCUT2D eigenvalue weighted by Gasteiger charge is -2.26. The van der Waals surface area contributed by atoms with Gasteiger partial charge < -0.3 is 19.1 Å². The van der Waals surface area contributed by atoms with E-state index in [1.165, 1.54) is 18.9 Å². The first-order chi connectivity index (χ1) is 15.1. The van der Waals surface area contributed by atoms with Crippen molar-refractivity contribution >= 4 is 34.5 Å². The van der Waals surface area contributed by atoms with Gasteiger partial charge in [0.15, 0.2) is 5.16 Å². The van der Waals surface area contributed by atoms with Gasteiger partial charge in [-0.15, -0.1) is 0 Å². The van der Waals surface area contributed by atoms with Gasteiger partial charge in [-0.05, 0) is 31.0 Å². The Balaban J connectivity index is 1.65. The molecule has 0 bridgehead atoms. The van der Waals surface area contributed by atoms with Crippen LogP contribution >= 0.6 is 11.8 Å². The largest absolute Gasteiger partial charge is 0.465 e. The molecule has 0 aliphatic carbocycles. The third-order valence-corrected chi connectivity index (χ3v) is 6.40. The van der Waals surface area contributed by atoms with Crippen molar-refractivity contribution in [3.05, 3.63) is 34.1 Å². The fourth-order valence-corrected chi connectivity index (χ4v) is 4.65. The lowest BCUT2D eigenvalue weighted by Crippen LogP contribution is -2.41. The molecule has 2 saturated heterocycles. The van der Waals surface area contributed by atoms with Crippen LogP contribution in [0.5, 0.6) is 0 Å². The summed E-state index contributed by atoms with van der Waals surface area (Å²) in [5, 5.41) is 0.853. The minimum atomic E-state index is -0.496. The molecule has 166 valence electrons. The van der Waals surface area contributed by atoms with Crippen molar-refractivity contribution in [2.75, 3.05) is 45.8 Å². The van der Waals surface area contributed by atoms with E-state index in [4.69, 9.17) is 14.2 Å². The summed E-state index contributed by atoms with van der Waals surface area (Å²) in [5.41, 5.74) is 0.509. The molecule has 2 fully saturated rings. The number of methoxy groups -OCH3 is 1. The van der Waals surface area contributed by atoms with Crippen LogP contribution in [0, 0.1) is 0 Å². The quantitative estimate of drug-likeness (QED) is 0.371. The Morgan fingerprint density at radius 2 is 2.06 bits per heavy atom. The van der Waals surface area contributed by atoms with E-state index in [0.717, 1.165) is 12.8 Å². The van der Waals surface area contributed by atoms with Gasteiger partial charge in [0.2, 0.25) is 5.91 Å². The minimum absolute atomic E-state index is 0.0189. The Kier molecular flexibility index (Phi) is 6.89. The van der Waals surface area contributed by atoms with Gasteiger partial charge in [0.05, 0.1) is 55.2 Å². The zero-order valence-corrected chi connectivity index (χ0v) is 18.2. The summed E-state index contributed by atoms with van der Waals surface area (Å²) < 4.78 is 17.4. The Hall–Kier alpha value is -2.43. The molecule has 0 saturated carbocycles. The molecule has 31 heavy (non-hydrogen) atoms. The van der Waals surface area contributed by atoms with Crippen LogP contribution in [0.25, 0.3) is 10.9 Å².